The molecule has 2 aromatic heterocycles. The van der Waals surface area contributed by atoms with Gasteiger partial charge in [-0.3, -0.25) is 9.36 Å². The molecule has 3 fully saturated rings. The van der Waals surface area contributed by atoms with Gasteiger partial charge in [0, 0.05) is 50.9 Å². The molecular formula is C28H38N8O4. The van der Waals surface area contributed by atoms with Crippen LogP contribution >= 0.6 is 0 Å². The molecule has 40 heavy (non-hydrogen) atoms. The molecule has 1 spiro atoms. The standard InChI is InChI=1S/C28H38N8O4/c1-18-7-10-34(22(37)6-9-29)14-21(18)33(5)23-20-8-11-36(24(20)31-17-30-23)26(39)35-15-28(16-35)12-19(13-28)32-25(38)40-27(2,3)4/h8,11,17-19,21H,6-7,10,12-16H2,1-5H3,(H,32,38)/t18-,21+/m1/s1. The molecule has 3 aliphatic rings. The Bertz CT molecular complexity index is 1340. The van der Waals surface area contributed by atoms with E-state index in [9.17, 15) is 14.4 Å². The number of alkyl carbamates (subject to hydrolysis) is 1. The molecule has 2 aliphatic heterocycles. The van der Waals surface area contributed by atoms with Gasteiger partial charge in [0.05, 0.1) is 17.5 Å². The number of nitrogens with one attached hydrogen (secondary N) is 1. The molecule has 1 aliphatic carbocycles. The molecule has 2 saturated heterocycles. The maximum Gasteiger partial charge on any atom is 0.407 e. The quantitative estimate of drug-likeness (QED) is 0.614. The van der Waals surface area contributed by atoms with E-state index in [1.54, 1.807) is 15.7 Å². The number of likely N-dealkylation sites (tertiary alicyclic amines) is 2. The molecule has 2 aromatic rings. The lowest BCUT2D eigenvalue weighted by atomic mass is 9.61. The first-order valence-corrected chi connectivity index (χ1v) is 13.9. The Hall–Kier alpha value is -3.88. The summed E-state index contributed by atoms with van der Waals surface area (Å²) < 4.78 is 6.92. The van der Waals surface area contributed by atoms with Crippen molar-refractivity contribution < 1.29 is 19.1 Å². The van der Waals surface area contributed by atoms with Gasteiger partial charge in [0.1, 0.15) is 24.2 Å². The van der Waals surface area contributed by atoms with E-state index in [0.717, 1.165) is 24.6 Å². The average Bonchev–Trinajstić information content (AvgIpc) is 3.27. The number of hydrogen-bond acceptors (Lipinski definition) is 8. The Morgan fingerprint density at radius 2 is 1.95 bits per heavy atom. The van der Waals surface area contributed by atoms with Gasteiger partial charge in [-0.2, -0.15) is 5.26 Å². The van der Waals surface area contributed by atoms with Crippen LogP contribution < -0.4 is 10.2 Å². The lowest BCUT2D eigenvalue weighted by Crippen LogP contribution is -2.68. The van der Waals surface area contributed by atoms with Crippen LogP contribution in [0.25, 0.3) is 11.0 Å². The zero-order chi connectivity index (χ0) is 28.8. The van der Waals surface area contributed by atoms with E-state index in [-0.39, 0.29) is 35.9 Å². The number of carbonyl (C=O) groups is 3. The van der Waals surface area contributed by atoms with Gasteiger partial charge in [-0.25, -0.2) is 19.6 Å². The summed E-state index contributed by atoms with van der Waals surface area (Å²) in [6.45, 7) is 10.1. The topological polar surface area (TPSA) is 137 Å². The lowest BCUT2D eigenvalue weighted by Gasteiger charge is -2.58. The number of likely N-dealkylation sites (N-methyl/N-ethyl adjacent to an activating group) is 1. The summed E-state index contributed by atoms with van der Waals surface area (Å²) >= 11 is 0. The van der Waals surface area contributed by atoms with Crippen LogP contribution in [-0.2, 0) is 9.53 Å². The van der Waals surface area contributed by atoms with Crippen LogP contribution in [0.3, 0.4) is 0 Å². The molecule has 5 rings (SSSR count). The monoisotopic (exact) mass is 550 g/mol. The fourth-order valence-corrected chi connectivity index (χ4v) is 6.36. The lowest BCUT2D eigenvalue weighted by molar-refractivity contribution is -0.131. The average molecular weight is 551 g/mol. The number of anilines is 1. The molecule has 3 amide bonds. The maximum atomic E-state index is 13.4. The van der Waals surface area contributed by atoms with E-state index in [1.807, 2.05) is 44.9 Å². The highest BCUT2D eigenvalue weighted by atomic mass is 16.6. The number of fused-ring (bicyclic) bond motifs is 1. The molecule has 2 atom stereocenters. The van der Waals surface area contributed by atoms with Crippen LogP contribution in [0.1, 0.15) is 53.4 Å². The van der Waals surface area contributed by atoms with Gasteiger partial charge in [0.25, 0.3) is 0 Å². The third-order valence-corrected chi connectivity index (χ3v) is 8.40. The zero-order valence-electron chi connectivity index (χ0n) is 23.9. The van der Waals surface area contributed by atoms with Crippen LogP contribution in [0, 0.1) is 22.7 Å². The Morgan fingerprint density at radius 3 is 2.62 bits per heavy atom. The van der Waals surface area contributed by atoms with Crippen molar-refractivity contribution in [2.45, 2.75) is 71.1 Å². The summed E-state index contributed by atoms with van der Waals surface area (Å²) in [4.78, 5) is 52.5. The first-order chi connectivity index (χ1) is 18.9. The van der Waals surface area contributed by atoms with Gasteiger partial charge in [-0.15, -0.1) is 0 Å². The molecule has 4 heterocycles. The predicted octanol–water partition coefficient (Wildman–Crippen LogP) is 2.98. The van der Waals surface area contributed by atoms with E-state index in [4.69, 9.17) is 10.00 Å². The molecule has 12 nitrogen and oxygen atoms in total. The number of aromatic nitrogens is 3. The molecule has 0 bridgehead atoms. The maximum absolute atomic E-state index is 13.4. The third-order valence-electron chi connectivity index (χ3n) is 8.40. The summed E-state index contributed by atoms with van der Waals surface area (Å²) in [5, 5.41) is 12.6. The second-order valence-corrected chi connectivity index (χ2v) is 12.6. The predicted molar refractivity (Wildman–Crippen MR) is 148 cm³/mol. The number of piperidine rings is 1. The molecule has 0 aromatic carbocycles. The Morgan fingerprint density at radius 1 is 1.23 bits per heavy atom. The van der Waals surface area contributed by atoms with Gasteiger partial charge in [-0.05, 0) is 52.0 Å². The molecule has 1 N–H and O–H groups in total. The van der Waals surface area contributed by atoms with E-state index >= 15 is 0 Å². The summed E-state index contributed by atoms with van der Waals surface area (Å²) in [6.07, 6.45) is 5.19. The molecular weight excluding hydrogens is 512 g/mol. The normalized spacial score (nSPS) is 22.3. The van der Waals surface area contributed by atoms with Crippen LogP contribution in [0.4, 0.5) is 15.4 Å². The Balaban J connectivity index is 1.23. The smallest absolute Gasteiger partial charge is 0.407 e. The number of nitrogens with zero attached hydrogens (tertiary/aromatic N) is 7. The number of rotatable bonds is 4. The number of ether oxygens (including phenoxy) is 1. The summed E-state index contributed by atoms with van der Waals surface area (Å²) in [5.41, 5.74) is 0.0568. The molecule has 1 saturated carbocycles. The highest BCUT2D eigenvalue weighted by Crippen LogP contribution is 2.48. The first-order valence-electron chi connectivity index (χ1n) is 13.9. The van der Waals surface area contributed by atoms with Crippen LogP contribution in [0.5, 0.6) is 0 Å². The van der Waals surface area contributed by atoms with E-state index in [1.165, 1.54) is 6.33 Å². The van der Waals surface area contributed by atoms with E-state index in [0.29, 0.717) is 43.6 Å². The SMILES string of the molecule is C[C@@H]1CCN(C(=O)CC#N)C[C@@H]1N(C)c1ncnc2c1ccn2C(=O)N1CC2(CC(NC(=O)OC(C)(C)C)C2)C1. The van der Waals surface area contributed by atoms with Crippen LogP contribution in [0.15, 0.2) is 18.6 Å². The van der Waals surface area contributed by atoms with Gasteiger partial charge < -0.3 is 24.8 Å². The molecule has 0 unspecified atom stereocenters. The van der Waals surface area contributed by atoms with Crippen molar-refractivity contribution in [1.82, 2.24) is 29.7 Å². The van der Waals surface area contributed by atoms with Crippen molar-refractivity contribution in [2.24, 2.45) is 11.3 Å². The zero-order valence-corrected chi connectivity index (χ0v) is 23.9. The molecule has 0 radical (unpaired) electrons. The number of carbonyl (C=O) groups excluding carboxylic acids is 3. The highest BCUT2D eigenvalue weighted by Gasteiger charge is 2.54. The summed E-state index contributed by atoms with van der Waals surface area (Å²) in [7, 11) is 1.96. The number of hydrogen-bond donors (Lipinski definition) is 1. The third kappa shape index (κ3) is 5.29. The largest absolute Gasteiger partial charge is 0.444 e. The van der Waals surface area contributed by atoms with Gasteiger partial charge in [0.2, 0.25) is 5.91 Å². The molecule has 214 valence electrons. The van der Waals surface area contributed by atoms with Crippen molar-refractivity contribution in [2.75, 3.05) is 38.1 Å². The van der Waals surface area contributed by atoms with Gasteiger partial charge >= 0.3 is 12.1 Å². The van der Waals surface area contributed by atoms with E-state index in [2.05, 4.69) is 27.1 Å². The van der Waals surface area contributed by atoms with E-state index < -0.39 is 11.7 Å². The summed E-state index contributed by atoms with van der Waals surface area (Å²) in [6, 6.07) is 3.77. The Labute approximate surface area is 234 Å². The fourth-order valence-electron chi connectivity index (χ4n) is 6.36. The Kier molecular flexibility index (Phi) is 7.10. The number of amides is 3. The second kappa shape index (κ2) is 10.3. The van der Waals surface area contributed by atoms with Crippen molar-refractivity contribution in [1.29, 1.82) is 5.26 Å². The van der Waals surface area contributed by atoms with Crippen molar-refractivity contribution in [3.63, 3.8) is 0 Å². The van der Waals surface area contributed by atoms with Crippen molar-refractivity contribution in [3.8, 4) is 6.07 Å². The fraction of sp³-hybridized carbons (Fsp3) is 0.643. The van der Waals surface area contributed by atoms with Crippen LogP contribution in [-0.4, -0.2) is 93.3 Å². The first kappa shape index (κ1) is 27.7. The van der Waals surface area contributed by atoms with Crippen molar-refractivity contribution >= 4 is 34.9 Å². The minimum absolute atomic E-state index is 0.0182. The van der Waals surface area contributed by atoms with Gasteiger partial charge in [-0.1, -0.05) is 6.92 Å². The van der Waals surface area contributed by atoms with Gasteiger partial charge in [0.15, 0.2) is 5.65 Å². The summed E-state index contributed by atoms with van der Waals surface area (Å²) in [5.74, 6) is 0.875. The second-order valence-electron chi connectivity index (χ2n) is 12.6. The molecule has 12 heteroatoms. The van der Waals surface area contributed by atoms with Crippen molar-refractivity contribution in [3.05, 3.63) is 18.6 Å². The minimum Gasteiger partial charge on any atom is -0.444 e. The van der Waals surface area contributed by atoms with Crippen LogP contribution in [0.2, 0.25) is 0 Å². The number of nitriles is 1. The minimum atomic E-state index is -0.533. The highest BCUT2D eigenvalue weighted by molar-refractivity contribution is 5.95.